The Labute approximate surface area is 152 Å². The average Bonchev–Trinajstić information content (AvgIpc) is 2.65. The van der Waals surface area contributed by atoms with E-state index in [1.165, 1.54) is 6.08 Å². The molecule has 2 aromatic carbocycles. The van der Waals surface area contributed by atoms with Crippen LogP contribution in [0, 0.1) is 0 Å². The fourth-order valence-corrected chi connectivity index (χ4v) is 2.28. The van der Waals surface area contributed by atoms with E-state index in [1.54, 1.807) is 24.3 Å². The second kappa shape index (κ2) is 9.88. The predicted octanol–water partition coefficient (Wildman–Crippen LogP) is 3.69. The van der Waals surface area contributed by atoms with Crippen LogP contribution in [0.4, 0.5) is 4.79 Å². The summed E-state index contributed by atoms with van der Waals surface area (Å²) in [4.78, 5) is 22.8. The molecule has 26 heavy (non-hydrogen) atoms. The predicted molar refractivity (Wildman–Crippen MR) is 96.9 cm³/mol. The van der Waals surface area contributed by atoms with Gasteiger partial charge < -0.3 is 19.9 Å². The summed E-state index contributed by atoms with van der Waals surface area (Å²) in [5.41, 5.74) is 1.70. The molecule has 0 aliphatic heterocycles. The van der Waals surface area contributed by atoms with Crippen molar-refractivity contribution in [1.29, 1.82) is 0 Å². The number of nitrogens with one attached hydrogen (secondary N) is 1. The molecule has 0 radical (unpaired) electrons. The molecule has 0 saturated carbocycles. The number of alkyl carbamates (subject to hydrolysis) is 1. The third-order valence-corrected chi connectivity index (χ3v) is 3.53. The smallest absolute Gasteiger partial charge is 0.407 e. The normalized spacial score (nSPS) is 11.2. The van der Waals surface area contributed by atoms with E-state index in [0.29, 0.717) is 17.9 Å². The molecule has 1 amide bonds. The van der Waals surface area contributed by atoms with Crippen molar-refractivity contribution in [2.75, 3.05) is 6.61 Å². The first-order valence-corrected chi connectivity index (χ1v) is 8.11. The lowest BCUT2D eigenvalue weighted by Crippen LogP contribution is -2.30. The maximum Gasteiger partial charge on any atom is 0.407 e. The quantitative estimate of drug-likeness (QED) is 0.670. The molecule has 2 N–H and O–H groups in total. The minimum absolute atomic E-state index is 0.0535. The third-order valence-electron chi connectivity index (χ3n) is 3.53. The Bertz CT molecular complexity index is 728. The number of carboxylic acids is 1. The number of benzene rings is 2. The summed E-state index contributed by atoms with van der Waals surface area (Å²) >= 11 is 0. The summed E-state index contributed by atoms with van der Waals surface area (Å²) in [6.45, 7) is 3.94. The summed E-state index contributed by atoms with van der Waals surface area (Å²) < 4.78 is 10.6. The van der Waals surface area contributed by atoms with Gasteiger partial charge in [-0.1, -0.05) is 55.1 Å². The van der Waals surface area contributed by atoms with Crippen molar-refractivity contribution in [2.24, 2.45) is 0 Å². The molecule has 0 fully saturated rings. The van der Waals surface area contributed by atoms with E-state index < -0.39 is 18.1 Å². The lowest BCUT2D eigenvalue weighted by atomic mass is 10.0. The molecular formula is C20H21NO5. The molecule has 1 atom stereocenters. The Balaban J connectivity index is 2.00. The molecule has 0 aliphatic rings. The highest BCUT2D eigenvalue weighted by atomic mass is 16.5. The van der Waals surface area contributed by atoms with Crippen LogP contribution in [0.25, 0.3) is 0 Å². The van der Waals surface area contributed by atoms with Crippen molar-refractivity contribution in [3.63, 3.8) is 0 Å². The van der Waals surface area contributed by atoms with Crippen LogP contribution in [0.1, 0.15) is 23.6 Å². The minimum Gasteiger partial charge on any atom is -0.489 e. The molecule has 0 aliphatic carbocycles. The topological polar surface area (TPSA) is 84.9 Å². The number of hydrogen-bond donors (Lipinski definition) is 2. The van der Waals surface area contributed by atoms with Crippen LogP contribution in [0.5, 0.6) is 5.75 Å². The van der Waals surface area contributed by atoms with Gasteiger partial charge in [0.25, 0.3) is 0 Å². The summed E-state index contributed by atoms with van der Waals surface area (Å²) in [6, 6.07) is 16.0. The number of amides is 1. The van der Waals surface area contributed by atoms with Crippen molar-refractivity contribution in [3.05, 3.63) is 78.4 Å². The Morgan fingerprint density at radius 2 is 1.81 bits per heavy atom. The largest absolute Gasteiger partial charge is 0.489 e. The van der Waals surface area contributed by atoms with Crippen LogP contribution in [0.2, 0.25) is 0 Å². The van der Waals surface area contributed by atoms with Gasteiger partial charge in [-0.15, -0.1) is 0 Å². The number of carbonyl (C=O) groups excluding carboxylic acids is 1. The lowest BCUT2D eigenvalue weighted by molar-refractivity contribution is -0.137. The van der Waals surface area contributed by atoms with Gasteiger partial charge in [-0.05, 0) is 23.3 Å². The second-order valence-electron chi connectivity index (χ2n) is 5.53. The molecule has 2 aromatic rings. The highest BCUT2D eigenvalue weighted by Gasteiger charge is 2.18. The van der Waals surface area contributed by atoms with E-state index in [2.05, 4.69) is 11.9 Å². The highest BCUT2D eigenvalue weighted by molar-refractivity contribution is 5.72. The van der Waals surface area contributed by atoms with E-state index in [-0.39, 0.29) is 13.0 Å². The fraction of sp³-hybridized carbons (Fsp3) is 0.200. The Morgan fingerprint density at radius 3 is 2.42 bits per heavy atom. The average molecular weight is 355 g/mol. The number of aliphatic carboxylic acids is 1. The fourth-order valence-electron chi connectivity index (χ4n) is 2.28. The number of rotatable bonds is 9. The van der Waals surface area contributed by atoms with Gasteiger partial charge in [0, 0.05) is 0 Å². The monoisotopic (exact) mass is 355 g/mol. The van der Waals surface area contributed by atoms with Crippen LogP contribution < -0.4 is 10.1 Å². The molecule has 0 bridgehead atoms. The van der Waals surface area contributed by atoms with Crippen molar-refractivity contribution >= 4 is 12.1 Å². The summed E-state index contributed by atoms with van der Waals surface area (Å²) in [7, 11) is 0. The van der Waals surface area contributed by atoms with Gasteiger partial charge in [0.05, 0.1) is 12.5 Å². The second-order valence-corrected chi connectivity index (χ2v) is 5.53. The van der Waals surface area contributed by atoms with Crippen molar-refractivity contribution < 1.29 is 24.2 Å². The van der Waals surface area contributed by atoms with Crippen LogP contribution in [0.15, 0.2) is 67.3 Å². The van der Waals surface area contributed by atoms with Gasteiger partial charge >= 0.3 is 12.1 Å². The van der Waals surface area contributed by atoms with Crippen molar-refractivity contribution in [3.8, 4) is 5.75 Å². The van der Waals surface area contributed by atoms with Gasteiger partial charge in [-0.2, -0.15) is 0 Å². The highest BCUT2D eigenvalue weighted by Crippen LogP contribution is 2.21. The van der Waals surface area contributed by atoms with Crippen LogP contribution in [0.3, 0.4) is 0 Å². The number of ether oxygens (including phenoxy) is 2. The zero-order chi connectivity index (χ0) is 18.8. The zero-order valence-corrected chi connectivity index (χ0v) is 14.3. The van der Waals surface area contributed by atoms with Crippen molar-refractivity contribution in [2.45, 2.75) is 19.1 Å². The molecule has 1 unspecified atom stereocenters. The van der Waals surface area contributed by atoms with Crippen molar-refractivity contribution in [1.82, 2.24) is 5.32 Å². The molecular weight excluding hydrogens is 334 g/mol. The molecule has 0 heterocycles. The van der Waals surface area contributed by atoms with Gasteiger partial charge in [-0.25, -0.2) is 4.79 Å². The lowest BCUT2D eigenvalue weighted by Gasteiger charge is -2.17. The van der Waals surface area contributed by atoms with Gasteiger partial charge in [0.2, 0.25) is 0 Å². The Hall–Kier alpha value is -3.28. The minimum atomic E-state index is -1.02. The van der Waals surface area contributed by atoms with E-state index >= 15 is 0 Å². The van der Waals surface area contributed by atoms with Gasteiger partial charge in [-0.3, -0.25) is 4.79 Å². The molecule has 6 heteroatoms. The van der Waals surface area contributed by atoms with Crippen LogP contribution >= 0.6 is 0 Å². The first-order valence-electron chi connectivity index (χ1n) is 8.11. The first kappa shape index (κ1) is 19.1. The molecule has 2 rings (SSSR count). The maximum atomic E-state index is 11.7. The molecule has 0 spiro atoms. The molecule has 0 saturated heterocycles. The van der Waals surface area contributed by atoms with Gasteiger partial charge in [0.15, 0.2) is 0 Å². The Kier molecular flexibility index (Phi) is 7.24. The van der Waals surface area contributed by atoms with E-state index in [0.717, 1.165) is 5.56 Å². The van der Waals surface area contributed by atoms with E-state index in [4.69, 9.17) is 14.6 Å². The standard InChI is InChI=1S/C20H21NO5/c1-2-12-25-20(24)21-18(13-19(22)23)16-8-10-17(11-9-16)26-14-15-6-4-3-5-7-15/h2-11,18H,1,12-14H2,(H,21,24)(H,22,23). The Morgan fingerprint density at radius 1 is 1.12 bits per heavy atom. The molecule has 0 aromatic heterocycles. The van der Waals surface area contributed by atoms with E-state index in [1.807, 2.05) is 30.3 Å². The summed E-state index contributed by atoms with van der Waals surface area (Å²) in [6.07, 6.45) is 0.485. The molecule has 136 valence electrons. The third kappa shape index (κ3) is 6.32. The van der Waals surface area contributed by atoms with Crippen LogP contribution in [-0.2, 0) is 16.1 Å². The summed E-state index contributed by atoms with van der Waals surface area (Å²) in [5, 5.41) is 11.6. The number of carbonyl (C=O) groups is 2. The number of carboxylic acid groups (broad SMARTS) is 1. The van der Waals surface area contributed by atoms with E-state index in [9.17, 15) is 9.59 Å². The number of hydrogen-bond acceptors (Lipinski definition) is 4. The SMILES string of the molecule is C=CCOC(=O)NC(CC(=O)O)c1ccc(OCc2ccccc2)cc1. The summed E-state index contributed by atoms with van der Waals surface area (Å²) in [5.74, 6) is -0.371. The van der Waals surface area contributed by atoms with Gasteiger partial charge in [0.1, 0.15) is 19.0 Å². The van der Waals surface area contributed by atoms with Crippen LogP contribution in [-0.4, -0.2) is 23.8 Å². The first-order chi connectivity index (χ1) is 12.6. The maximum absolute atomic E-state index is 11.7. The zero-order valence-electron chi connectivity index (χ0n) is 14.3. The molecule has 6 nitrogen and oxygen atoms in total.